The van der Waals surface area contributed by atoms with Gasteiger partial charge in [0.2, 0.25) is 0 Å². The van der Waals surface area contributed by atoms with Crippen LogP contribution in [0.5, 0.6) is 0 Å². The predicted octanol–water partition coefficient (Wildman–Crippen LogP) is 2.95. The number of benzene rings is 1. The van der Waals surface area contributed by atoms with Crippen molar-refractivity contribution in [2.75, 3.05) is 0 Å². The van der Waals surface area contributed by atoms with Gasteiger partial charge in [-0.1, -0.05) is 44.2 Å². The molecule has 0 spiro atoms. The average molecular weight is 269 g/mol. The summed E-state index contributed by atoms with van der Waals surface area (Å²) in [6.07, 6.45) is 4.78. The molecule has 1 atom stereocenters. The molecule has 2 aromatic rings. The van der Waals surface area contributed by atoms with Crippen LogP contribution in [0.3, 0.4) is 0 Å². The third-order valence-corrected chi connectivity index (χ3v) is 3.72. The molecule has 0 fully saturated rings. The summed E-state index contributed by atoms with van der Waals surface area (Å²) in [7, 11) is 0. The molecule has 1 heterocycles. The normalized spacial score (nSPS) is 12.3. The average Bonchev–Trinajstić information content (AvgIpc) is 2.53. The molecule has 3 N–H and O–H groups in total. The van der Waals surface area contributed by atoms with Gasteiger partial charge in [0.1, 0.15) is 0 Å². The second-order valence-electron chi connectivity index (χ2n) is 4.99. The number of hydrogen-bond donors (Lipinski definition) is 2. The number of hydrogen-bond acceptors (Lipinski definition) is 3. The van der Waals surface area contributed by atoms with Crippen LogP contribution < -0.4 is 11.3 Å². The van der Waals surface area contributed by atoms with E-state index in [9.17, 15) is 0 Å². The van der Waals surface area contributed by atoms with Gasteiger partial charge in [-0.25, -0.2) is 0 Å². The number of hydrazine groups is 1. The van der Waals surface area contributed by atoms with E-state index < -0.39 is 0 Å². The van der Waals surface area contributed by atoms with Crippen LogP contribution in [0, 0.1) is 0 Å². The molecule has 0 radical (unpaired) electrons. The van der Waals surface area contributed by atoms with E-state index in [0.717, 1.165) is 25.0 Å². The highest BCUT2D eigenvalue weighted by atomic mass is 15.2. The summed E-state index contributed by atoms with van der Waals surface area (Å²) in [5.74, 6) is 5.75. The van der Waals surface area contributed by atoms with E-state index in [4.69, 9.17) is 5.84 Å². The van der Waals surface area contributed by atoms with Crippen molar-refractivity contribution in [3.63, 3.8) is 0 Å². The molecule has 0 amide bonds. The fraction of sp³-hybridized carbons (Fsp3) is 0.353. The largest absolute Gasteiger partial charge is 0.271 e. The van der Waals surface area contributed by atoms with Crippen molar-refractivity contribution < 1.29 is 0 Å². The van der Waals surface area contributed by atoms with Gasteiger partial charge < -0.3 is 0 Å². The fourth-order valence-electron chi connectivity index (χ4n) is 2.45. The molecule has 20 heavy (non-hydrogen) atoms. The van der Waals surface area contributed by atoms with E-state index in [0.29, 0.717) is 0 Å². The van der Waals surface area contributed by atoms with Crippen molar-refractivity contribution in [1.29, 1.82) is 0 Å². The summed E-state index contributed by atoms with van der Waals surface area (Å²) in [6.45, 7) is 4.30. The van der Waals surface area contributed by atoms with Crippen molar-refractivity contribution in [2.45, 2.75) is 39.2 Å². The molecular formula is C17H23N3. The molecule has 0 saturated carbocycles. The first-order chi connectivity index (χ1) is 9.78. The molecule has 0 aliphatic rings. The van der Waals surface area contributed by atoms with Gasteiger partial charge in [-0.3, -0.25) is 16.3 Å². The number of nitrogens with one attached hydrogen (secondary N) is 1. The smallest absolute Gasteiger partial charge is 0.0518 e. The van der Waals surface area contributed by atoms with Gasteiger partial charge in [-0.2, -0.15) is 0 Å². The molecule has 0 aliphatic carbocycles. The maximum absolute atomic E-state index is 5.75. The van der Waals surface area contributed by atoms with Crippen LogP contribution in [0.4, 0.5) is 0 Å². The highest BCUT2D eigenvalue weighted by Crippen LogP contribution is 2.21. The monoisotopic (exact) mass is 269 g/mol. The molecule has 1 unspecified atom stereocenters. The molecule has 0 saturated heterocycles. The Bertz CT molecular complexity index is 534. The van der Waals surface area contributed by atoms with E-state index in [1.165, 1.54) is 16.7 Å². The van der Waals surface area contributed by atoms with Crippen molar-refractivity contribution in [2.24, 2.45) is 5.84 Å². The number of aromatic nitrogens is 1. The summed E-state index contributed by atoms with van der Waals surface area (Å²) in [6, 6.07) is 12.8. The highest BCUT2D eigenvalue weighted by molar-refractivity contribution is 5.31. The third kappa shape index (κ3) is 3.44. The Balaban J connectivity index is 2.19. The third-order valence-electron chi connectivity index (χ3n) is 3.72. The maximum atomic E-state index is 5.75. The number of nitrogens with two attached hydrogens (primary N) is 1. The number of aryl methyl sites for hydroxylation is 2. The van der Waals surface area contributed by atoms with Crippen LogP contribution >= 0.6 is 0 Å². The molecular weight excluding hydrogens is 246 g/mol. The van der Waals surface area contributed by atoms with Gasteiger partial charge in [0, 0.05) is 18.3 Å². The Morgan fingerprint density at radius 1 is 1.10 bits per heavy atom. The number of rotatable bonds is 6. The minimum absolute atomic E-state index is 0.103. The van der Waals surface area contributed by atoms with E-state index in [2.05, 4.69) is 60.7 Å². The first-order valence-electron chi connectivity index (χ1n) is 7.26. The second kappa shape index (κ2) is 7.17. The van der Waals surface area contributed by atoms with Crippen molar-refractivity contribution >= 4 is 0 Å². The standard InChI is InChI=1S/C17H23N3/c1-3-13-9-10-15(19-12-13)11-17(20-18)16-8-6-5-7-14(16)4-2/h5-10,12,17,20H,3-4,11,18H2,1-2H3. The quantitative estimate of drug-likeness (QED) is 0.626. The summed E-state index contributed by atoms with van der Waals surface area (Å²) < 4.78 is 0. The lowest BCUT2D eigenvalue weighted by atomic mass is 9.95. The molecule has 0 aliphatic heterocycles. The number of pyridine rings is 1. The highest BCUT2D eigenvalue weighted by Gasteiger charge is 2.14. The van der Waals surface area contributed by atoms with Gasteiger partial charge in [0.15, 0.2) is 0 Å². The summed E-state index contributed by atoms with van der Waals surface area (Å²) in [4.78, 5) is 4.52. The minimum atomic E-state index is 0.103. The Morgan fingerprint density at radius 2 is 1.90 bits per heavy atom. The lowest BCUT2D eigenvalue weighted by Crippen LogP contribution is -2.30. The van der Waals surface area contributed by atoms with Crippen LogP contribution in [0.15, 0.2) is 42.6 Å². The molecule has 3 nitrogen and oxygen atoms in total. The Kier molecular flexibility index (Phi) is 5.27. The van der Waals surface area contributed by atoms with Crippen molar-refractivity contribution in [1.82, 2.24) is 10.4 Å². The van der Waals surface area contributed by atoms with Crippen LogP contribution in [-0.4, -0.2) is 4.98 Å². The zero-order chi connectivity index (χ0) is 14.4. The van der Waals surface area contributed by atoms with Crippen LogP contribution in [-0.2, 0) is 19.3 Å². The zero-order valence-electron chi connectivity index (χ0n) is 12.3. The topological polar surface area (TPSA) is 50.9 Å². The molecule has 1 aromatic heterocycles. The Hall–Kier alpha value is -1.71. The molecule has 2 rings (SSSR count). The first kappa shape index (κ1) is 14.7. The zero-order valence-corrected chi connectivity index (χ0v) is 12.3. The van der Waals surface area contributed by atoms with E-state index in [-0.39, 0.29) is 6.04 Å². The van der Waals surface area contributed by atoms with Gasteiger partial charge in [0.05, 0.1) is 6.04 Å². The van der Waals surface area contributed by atoms with E-state index >= 15 is 0 Å². The Labute approximate surface area is 121 Å². The van der Waals surface area contributed by atoms with Crippen molar-refractivity contribution in [3.05, 3.63) is 65.0 Å². The van der Waals surface area contributed by atoms with E-state index in [1.54, 1.807) is 0 Å². The van der Waals surface area contributed by atoms with Crippen LogP contribution in [0.2, 0.25) is 0 Å². The summed E-state index contributed by atoms with van der Waals surface area (Å²) >= 11 is 0. The van der Waals surface area contributed by atoms with Gasteiger partial charge in [0.25, 0.3) is 0 Å². The first-order valence-corrected chi connectivity index (χ1v) is 7.26. The predicted molar refractivity (Wildman–Crippen MR) is 83.2 cm³/mol. The Morgan fingerprint density at radius 3 is 2.50 bits per heavy atom. The minimum Gasteiger partial charge on any atom is -0.271 e. The summed E-state index contributed by atoms with van der Waals surface area (Å²) in [5.41, 5.74) is 7.86. The van der Waals surface area contributed by atoms with Gasteiger partial charge in [-0.15, -0.1) is 0 Å². The van der Waals surface area contributed by atoms with Crippen LogP contribution in [0.1, 0.15) is 42.3 Å². The number of nitrogens with zero attached hydrogens (tertiary/aromatic N) is 1. The molecule has 1 aromatic carbocycles. The lowest BCUT2D eigenvalue weighted by molar-refractivity contribution is 0.542. The van der Waals surface area contributed by atoms with Crippen molar-refractivity contribution in [3.8, 4) is 0 Å². The van der Waals surface area contributed by atoms with Crippen LogP contribution in [0.25, 0.3) is 0 Å². The molecule has 0 bridgehead atoms. The second-order valence-corrected chi connectivity index (χ2v) is 4.99. The molecule has 106 valence electrons. The molecule has 3 heteroatoms. The lowest BCUT2D eigenvalue weighted by Gasteiger charge is -2.19. The fourth-order valence-corrected chi connectivity index (χ4v) is 2.45. The SMILES string of the molecule is CCc1ccc(CC(NN)c2ccccc2CC)nc1. The summed E-state index contributed by atoms with van der Waals surface area (Å²) in [5, 5.41) is 0. The maximum Gasteiger partial charge on any atom is 0.0518 e. The van der Waals surface area contributed by atoms with Gasteiger partial charge >= 0.3 is 0 Å². The van der Waals surface area contributed by atoms with E-state index in [1.807, 2.05) is 6.20 Å². The van der Waals surface area contributed by atoms with Gasteiger partial charge in [-0.05, 0) is 35.6 Å².